The van der Waals surface area contributed by atoms with Crippen molar-refractivity contribution in [1.29, 1.82) is 0 Å². The van der Waals surface area contributed by atoms with E-state index in [0.717, 1.165) is 23.7 Å². The second-order valence-electron chi connectivity index (χ2n) is 5.38. The zero-order valence-corrected chi connectivity index (χ0v) is 12.2. The van der Waals surface area contributed by atoms with Crippen LogP contribution in [0.3, 0.4) is 0 Å². The van der Waals surface area contributed by atoms with Crippen LogP contribution in [0.2, 0.25) is 0 Å². The van der Waals surface area contributed by atoms with Crippen molar-refractivity contribution in [3.8, 4) is 0 Å². The molecule has 2 heterocycles. The van der Waals surface area contributed by atoms with Crippen LogP contribution in [0.5, 0.6) is 0 Å². The van der Waals surface area contributed by atoms with Gasteiger partial charge in [0.25, 0.3) is 0 Å². The third-order valence-electron chi connectivity index (χ3n) is 3.68. The number of nitrogens with zero attached hydrogens (tertiary/aromatic N) is 2. The molecular formula is C16H20FN3O. The lowest BCUT2D eigenvalue weighted by Crippen LogP contribution is -2.26. The van der Waals surface area contributed by atoms with Crippen LogP contribution >= 0.6 is 0 Å². The number of aromatic nitrogens is 1. The first kappa shape index (κ1) is 14.1. The van der Waals surface area contributed by atoms with Crippen molar-refractivity contribution in [2.75, 3.05) is 11.4 Å². The van der Waals surface area contributed by atoms with Crippen LogP contribution in [0, 0.1) is 5.82 Å². The topological polar surface area (TPSA) is 41.3 Å². The van der Waals surface area contributed by atoms with E-state index >= 15 is 0 Å². The Bertz CT molecular complexity index is 581. The van der Waals surface area contributed by atoms with Gasteiger partial charge in [0.1, 0.15) is 17.4 Å². The second-order valence-corrected chi connectivity index (χ2v) is 5.38. The highest BCUT2D eigenvalue weighted by atomic mass is 19.1. The van der Waals surface area contributed by atoms with Gasteiger partial charge in [-0.1, -0.05) is 0 Å². The highest BCUT2D eigenvalue weighted by molar-refractivity contribution is 5.47. The van der Waals surface area contributed by atoms with Crippen molar-refractivity contribution in [2.24, 2.45) is 0 Å². The molecule has 1 fully saturated rings. The Morgan fingerprint density at radius 1 is 1.48 bits per heavy atom. The summed E-state index contributed by atoms with van der Waals surface area (Å²) < 4.78 is 18.9. The summed E-state index contributed by atoms with van der Waals surface area (Å²) in [6.45, 7) is 4.14. The van der Waals surface area contributed by atoms with Gasteiger partial charge in [0.05, 0.1) is 19.0 Å². The van der Waals surface area contributed by atoms with Gasteiger partial charge >= 0.3 is 0 Å². The van der Waals surface area contributed by atoms with Gasteiger partial charge in [-0.25, -0.2) is 9.37 Å². The largest absolute Gasteiger partial charge is 0.467 e. The molecule has 3 rings (SSSR count). The van der Waals surface area contributed by atoms with E-state index in [2.05, 4.69) is 22.1 Å². The molecule has 1 aliphatic rings. The minimum atomic E-state index is -0.291. The Morgan fingerprint density at radius 3 is 3.00 bits per heavy atom. The van der Waals surface area contributed by atoms with Gasteiger partial charge in [-0.15, -0.1) is 0 Å². The first-order chi connectivity index (χ1) is 10.3. The predicted molar refractivity (Wildman–Crippen MR) is 79.5 cm³/mol. The lowest BCUT2D eigenvalue weighted by molar-refractivity contribution is 0.502. The maximum absolute atomic E-state index is 13.5. The number of furan rings is 1. The fourth-order valence-electron chi connectivity index (χ4n) is 2.36. The molecule has 1 saturated carbocycles. The second kappa shape index (κ2) is 6.26. The molecule has 2 aromatic heterocycles. The van der Waals surface area contributed by atoms with Crippen LogP contribution in [0.25, 0.3) is 0 Å². The van der Waals surface area contributed by atoms with Crippen molar-refractivity contribution >= 4 is 5.82 Å². The summed E-state index contributed by atoms with van der Waals surface area (Å²) >= 11 is 0. The molecule has 21 heavy (non-hydrogen) atoms. The number of pyridine rings is 1. The van der Waals surface area contributed by atoms with Crippen molar-refractivity contribution in [3.05, 3.63) is 47.8 Å². The third kappa shape index (κ3) is 3.61. The molecule has 4 nitrogen and oxygen atoms in total. The van der Waals surface area contributed by atoms with E-state index in [-0.39, 0.29) is 5.82 Å². The number of nitrogens with one attached hydrogen (secondary N) is 1. The van der Waals surface area contributed by atoms with Crippen LogP contribution in [-0.4, -0.2) is 17.6 Å². The standard InChI is InChI=1S/C16H20FN3O/c1-2-20(11-15-4-3-7-21-15)16-12(8-13(17)10-19-16)9-18-14-5-6-14/h3-4,7-8,10,14,18H,2,5-6,9,11H2,1H3. The highest BCUT2D eigenvalue weighted by Crippen LogP contribution is 2.24. The van der Waals surface area contributed by atoms with E-state index in [4.69, 9.17) is 4.42 Å². The summed E-state index contributed by atoms with van der Waals surface area (Å²) in [6, 6.07) is 5.97. The lowest BCUT2D eigenvalue weighted by Gasteiger charge is -2.23. The fourth-order valence-corrected chi connectivity index (χ4v) is 2.36. The van der Waals surface area contributed by atoms with E-state index in [1.807, 2.05) is 12.1 Å². The summed E-state index contributed by atoms with van der Waals surface area (Å²) in [5.74, 6) is 1.41. The molecule has 0 amide bonds. The van der Waals surface area contributed by atoms with Crippen LogP contribution in [0.15, 0.2) is 35.1 Å². The number of hydrogen-bond acceptors (Lipinski definition) is 4. The smallest absolute Gasteiger partial charge is 0.141 e. The van der Waals surface area contributed by atoms with Crippen LogP contribution in [0.4, 0.5) is 10.2 Å². The predicted octanol–water partition coefficient (Wildman–Crippen LogP) is 3.09. The van der Waals surface area contributed by atoms with Crippen LogP contribution < -0.4 is 10.2 Å². The maximum atomic E-state index is 13.5. The van der Waals surface area contributed by atoms with Gasteiger partial charge in [-0.05, 0) is 38.0 Å². The average molecular weight is 289 g/mol. The van der Waals surface area contributed by atoms with E-state index < -0.39 is 0 Å². The molecule has 0 spiro atoms. The minimum Gasteiger partial charge on any atom is -0.467 e. The molecule has 0 unspecified atom stereocenters. The van der Waals surface area contributed by atoms with E-state index in [9.17, 15) is 4.39 Å². The molecular weight excluding hydrogens is 269 g/mol. The SMILES string of the molecule is CCN(Cc1ccco1)c1ncc(F)cc1CNC1CC1. The molecule has 0 radical (unpaired) electrons. The number of hydrogen-bond donors (Lipinski definition) is 1. The molecule has 0 aromatic carbocycles. The Kier molecular flexibility index (Phi) is 4.20. The van der Waals surface area contributed by atoms with Gasteiger partial charge in [0.15, 0.2) is 0 Å². The Morgan fingerprint density at radius 2 is 2.33 bits per heavy atom. The monoisotopic (exact) mass is 289 g/mol. The molecule has 0 atom stereocenters. The molecule has 1 aliphatic carbocycles. The summed E-state index contributed by atoms with van der Waals surface area (Å²) in [4.78, 5) is 6.40. The quantitative estimate of drug-likeness (QED) is 0.850. The van der Waals surface area contributed by atoms with Gasteiger partial charge < -0.3 is 14.6 Å². The molecule has 0 aliphatic heterocycles. The Balaban J connectivity index is 1.79. The molecule has 5 heteroatoms. The number of halogens is 1. The van der Waals surface area contributed by atoms with Gasteiger partial charge in [0, 0.05) is 24.7 Å². The van der Waals surface area contributed by atoms with Crippen molar-refractivity contribution in [1.82, 2.24) is 10.3 Å². The summed E-state index contributed by atoms with van der Waals surface area (Å²) in [5.41, 5.74) is 0.898. The lowest BCUT2D eigenvalue weighted by atomic mass is 10.2. The van der Waals surface area contributed by atoms with Gasteiger partial charge in [0.2, 0.25) is 0 Å². The first-order valence-electron chi connectivity index (χ1n) is 7.41. The van der Waals surface area contributed by atoms with Gasteiger partial charge in [-0.3, -0.25) is 0 Å². The highest BCUT2D eigenvalue weighted by Gasteiger charge is 2.21. The minimum absolute atomic E-state index is 0.291. The summed E-state index contributed by atoms with van der Waals surface area (Å²) in [6.07, 6.45) is 5.36. The Hall–Kier alpha value is -1.88. The molecule has 112 valence electrons. The van der Waals surface area contributed by atoms with Crippen molar-refractivity contribution in [2.45, 2.75) is 38.9 Å². The average Bonchev–Trinajstić information content (AvgIpc) is 3.18. The molecule has 2 aromatic rings. The van der Waals surface area contributed by atoms with E-state index in [1.165, 1.54) is 19.0 Å². The van der Waals surface area contributed by atoms with Crippen molar-refractivity contribution < 1.29 is 8.81 Å². The molecule has 1 N–H and O–H groups in total. The summed E-state index contributed by atoms with van der Waals surface area (Å²) in [5, 5.41) is 3.42. The fraction of sp³-hybridized carbons (Fsp3) is 0.438. The van der Waals surface area contributed by atoms with Crippen molar-refractivity contribution in [3.63, 3.8) is 0 Å². The maximum Gasteiger partial charge on any atom is 0.141 e. The number of rotatable bonds is 7. The molecule has 0 bridgehead atoms. The zero-order chi connectivity index (χ0) is 14.7. The number of anilines is 1. The summed E-state index contributed by atoms with van der Waals surface area (Å²) in [7, 11) is 0. The first-order valence-corrected chi connectivity index (χ1v) is 7.41. The van der Waals surface area contributed by atoms with Crippen LogP contribution in [0.1, 0.15) is 31.1 Å². The normalized spacial score (nSPS) is 14.4. The van der Waals surface area contributed by atoms with E-state index in [1.54, 1.807) is 12.3 Å². The van der Waals surface area contributed by atoms with Crippen LogP contribution in [-0.2, 0) is 13.1 Å². The van der Waals surface area contributed by atoms with Gasteiger partial charge in [-0.2, -0.15) is 0 Å². The zero-order valence-electron chi connectivity index (χ0n) is 12.2. The third-order valence-corrected chi connectivity index (χ3v) is 3.68. The Labute approximate surface area is 124 Å². The van der Waals surface area contributed by atoms with E-state index in [0.29, 0.717) is 19.1 Å². The molecule has 0 saturated heterocycles.